The number of fused-ring (bicyclic) bond motifs is 1. The van der Waals surface area contributed by atoms with Gasteiger partial charge in [0.05, 0.1) is 13.7 Å². The number of carboxylic acid groups (broad SMARTS) is 1. The molecule has 1 atom stereocenters. The Bertz CT molecular complexity index is 950. The standard InChI is InChI=1S/C21H23N3O4/c1-3-28-17-7-5-13(10-18(17)27-2)20-14-8-12(9-19(25)26)4-6-16(14)24-21(23)15(20)11-22/h5,7,10,12H,3-4,6,8-9H2,1-2H3,(H2,23,24)(H,25,26). The predicted molar refractivity (Wildman–Crippen MR) is 104 cm³/mol. The molecule has 1 aromatic carbocycles. The second-order valence-corrected chi connectivity index (χ2v) is 6.79. The number of aryl methyl sites for hydroxylation is 1. The molecule has 1 aromatic heterocycles. The number of benzene rings is 1. The maximum absolute atomic E-state index is 11.2. The fraction of sp³-hybridized carbons (Fsp3) is 0.381. The van der Waals surface area contributed by atoms with Gasteiger partial charge in [-0.2, -0.15) is 5.26 Å². The van der Waals surface area contributed by atoms with Crippen molar-refractivity contribution in [2.24, 2.45) is 5.92 Å². The lowest BCUT2D eigenvalue weighted by atomic mass is 9.80. The van der Waals surface area contributed by atoms with Crippen LogP contribution in [0.5, 0.6) is 11.5 Å². The normalized spacial score (nSPS) is 15.4. The number of carbonyl (C=O) groups is 1. The highest BCUT2D eigenvalue weighted by Crippen LogP contribution is 2.40. The lowest BCUT2D eigenvalue weighted by Gasteiger charge is -2.26. The van der Waals surface area contributed by atoms with E-state index in [1.54, 1.807) is 13.2 Å². The summed E-state index contributed by atoms with van der Waals surface area (Å²) >= 11 is 0. The highest BCUT2D eigenvalue weighted by Gasteiger charge is 2.28. The second kappa shape index (κ2) is 8.17. The van der Waals surface area contributed by atoms with E-state index >= 15 is 0 Å². The number of nitrogen functional groups attached to an aromatic ring is 1. The maximum atomic E-state index is 11.2. The molecule has 0 fully saturated rings. The van der Waals surface area contributed by atoms with Crippen molar-refractivity contribution in [2.45, 2.75) is 32.6 Å². The molecule has 1 aliphatic rings. The lowest BCUT2D eigenvalue weighted by molar-refractivity contribution is -0.138. The molecule has 7 nitrogen and oxygen atoms in total. The van der Waals surface area contributed by atoms with E-state index in [-0.39, 0.29) is 18.2 Å². The summed E-state index contributed by atoms with van der Waals surface area (Å²) in [5.74, 6) is 0.560. The molecule has 1 aliphatic carbocycles. The Morgan fingerprint density at radius 3 is 2.86 bits per heavy atom. The molecule has 0 aliphatic heterocycles. The Hall–Kier alpha value is -3.27. The monoisotopic (exact) mass is 381 g/mol. The lowest BCUT2D eigenvalue weighted by Crippen LogP contribution is -2.20. The van der Waals surface area contributed by atoms with Crippen molar-refractivity contribution in [3.8, 4) is 28.7 Å². The van der Waals surface area contributed by atoms with Gasteiger partial charge in [0.25, 0.3) is 0 Å². The molecular formula is C21H23N3O4. The van der Waals surface area contributed by atoms with Gasteiger partial charge in [-0.25, -0.2) is 4.98 Å². The number of aromatic nitrogens is 1. The molecule has 0 amide bonds. The summed E-state index contributed by atoms with van der Waals surface area (Å²) < 4.78 is 11.0. The summed E-state index contributed by atoms with van der Waals surface area (Å²) in [7, 11) is 1.56. The number of nitriles is 1. The van der Waals surface area contributed by atoms with E-state index in [0.29, 0.717) is 42.1 Å². The molecule has 28 heavy (non-hydrogen) atoms. The first kappa shape index (κ1) is 19.5. The zero-order valence-electron chi connectivity index (χ0n) is 16.0. The van der Waals surface area contributed by atoms with E-state index in [1.807, 2.05) is 19.1 Å². The van der Waals surface area contributed by atoms with Gasteiger partial charge in [0.1, 0.15) is 17.5 Å². The SMILES string of the molecule is CCOc1ccc(-c2c(C#N)c(N)nc3c2CC(CC(=O)O)CC3)cc1OC. The van der Waals surface area contributed by atoms with Gasteiger partial charge in [0, 0.05) is 17.7 Å². The van der Waals surface area contributed by atoms with Crippen LogP contribution in [0.25, 0.3) is 11.1 Å². The molecule has 1 unspecified atom stereocenters. The average Bonchev–Trinajstić information content (AvgIpc) is 2.67. The van der Waals surface area contributed by atoms with Crippen LogP contribution < -0.4 is 15.2 Å². The van der Waals surface area contributed by atoms with Crippen molar-refractivity contribution < 1.29 is 19.4 Å². The Balaban J connectivity index is 2.16. The minimum atomic E-state index is -0.818. The van der Waals surface area contributed by atoms with Crippen LogP contribution in [-0.2, 0) is 17.6 Å². The number of carboxylic acids is 1. The summed E-state index contributed by atoms with van der Waals surface area (Å²) in [6, 6.07) is 7.66. The van der Waals surface area contributed by atoms with Gasteiger partial charge in [0.15, 0.2) is 11.5 Å². The van der Waals surface area contributed by atoms with Crippen molar-refractivity contribution in [3.05, 3.63) is 35.0 Å². The van der Waals surface area contributed by atoms with Crippen LogP contribution in [0.4, 0.5) is 5.82 Å². The zero-order valence-corrected chi connectivity index (χ0v) is 16.0. The minimum absolute atomic E-state index is 0.00492. The number of hydrogen-bond donors (Lipinski definition) is 2. The van der Waals surface area contributed by atoms with E-state index in [0.717, 1.165) is 23.2 Å². The van der Waals surface area contributed by atoms with E-state index in [1.165, 1.54) is 0 Å². The molecule has 3 rings (SSSR count). The van der Waals surface area contributed by atoms with Gasteiger partial charge in [-0.15, -0.1) is 0 Å². The Morgan fingerprint density at radius 2 is 2.21 bits per heavy atom. The van der Waals surface area contributed by atoms with Crippen LogP contribution in [0, 0.1) is 17.2 Å². The first-order valence-corrected chi connectivity index (χ1v) is 9.22. The number of nitrogens with two attached hydrogens (primary N) is 1. The topological polar surface area (TPSA) is 118 Å². The predicted octanol–water partition coefficient (Wildman–Crippen LogP) is 3.19. The third-order valence-corrected chi connectivity index (χ3v) is 5.02. The second-order valence-electron chi connectivity index (χ2n) is 6.79. The molecule has 2 aromatic rings. The minimum Gasteiger partial charge on any atom is -0.493 e. The Morgan fingerprint density at radius 1 is 1.43 bits per heavy atom. The Labute approximate surface area is 163 Å². The third kappa shape index (κ3) is 3.72. The fourth-order valence-corrected chi connectivity index (χ4v) is 3.80. The summed E-state index contributed by atoms with van der Waals surface area (Å²) in [6.07, 6.45) is 2.03. The van der Waals surface area contributed by atoms with E-state index in [9.17, 15) is 15.2 Å². The number of rotatable bonds is 6. The molecule has 0 saturated carbocycles. The van der Waals surface area contributed by atoms with Gasteiger partial charge in [0.2, 0.25) is 0 Å². The van der Waals surface area contributed by atoms with E-state index < -0.39 is 5.97 Å². The highest BCUT2D eigenvalue weighted by atomic mass is 16.5. The molecule has 0 spiro atoms. The van der Waals surface area contributed by atoms with Crippen LogP contribution in [0.3, 0.4) is 0 Å². The average molecular weight is 381 g/mol. The van der Waals surface area contributed by atoms with Crippen LogP contribution >= 0.6 is 0 Å². The van der Waals surface area contributed by atoms with Crippen molar-refractivity contribution >= 4 is 11.8 Å². The number of methoxy groups -OCH3 is 1. The van der Waals surface area contributed by atoms with Gasteiger partial charge >= 0.3 is 5.97 Å². The molecule has 1 heterocycles. The third-order valence-electron chi connectivity index (χ3n) is 5.02. The molecular weight excluding hydrogens is 358 g/mol. The molecule has 0 radical (unpaired) electrons. The fourth-order valence-electron chi connectivity index (χ4n) is 3.80. The van der Waals surface area contributed by atoms with Crippen molar-refractivity contribution in [3.63, 3.8) is 0 Å². The summed E-state index contributed by atoms with van der Waals surface area (Å²) in [6.45, 7) is 2.40. The van der Waals surface area contributed by atoms with Gasteiger partial charge in [-0.05, 0) is 55.4 Å². The maximum Gasteiger partial charge on any atom is 0.303 e. The van der Waals surface area contributed by atoms with Crippen molar-refractivity contribution in [1.82, 2.24) is 4.98 Å². The van der Waals surface area contributed by atoms with Gasteiger partial charge < -0.3 is 20.3 Å². The van der Waals surface area contributed by atoms with Crippen LogP contribution in [0.2, 0.25) is 0 Å². The van der Waals surface area contributed by atoms with Crippen LogP contribution in [0.15, 0.2) is 18.2 Å². The number of ether oxygens (including phenoxy) is 2. The first-order valence-electron chi connectivity index (χ1n) is 9.22. The number of nitrogens with zero attached hydrogens (tertiary/aromatic N) is 2. The summed E-state index contributed by atoms with van der Waals surface area (Å²) in [5, 5.41) is 18.9. The summed E-state index contributed by atoms with van der Waals surface area (Å²) in [5.41, 5.74) is 9.60. The van der Waals surface area contributed by atoms with Crippen LogP contribution in [-0.4, -0.2) is 29.8 Å². The smallest absolute Gasteiger partial charge is 0.303 e. The van der Waals surface area contributed by atoms with Crippen molar-refractivity contribution in [1.29, 1.82) is 5.26 Å². The largest absolute Gasteiger partial charge is 0.493 e. The molecule has 146 valence electrons. The first-order chi connectivity index (χ1) is 13.5. The quantitative estimate of drug-likeness (QED) is 0.788. The van der Waals surface area contributed by atoms with Gasteiger partial charge in [-0.3, -0.25) is 4.79 Å². The number of hydrogen-bond acceptors (Lipinski definition) is 6. The number of aliphatic carboxylic acids is 1. The van der Waals surface area contributed by atoms with E-state index in [4.69, 9.17) is 15.2 Å². The van der Waals surface area contributed by atoms with Gasteiger partial charge in [-0.1, -0.05) is 6.07 Å². The zero-order chi connectivity index (χ0) is 20.3. The molecule has 0 saturated heterocycles. The number of pyridine rings is 1. The van der Waals surface area contributed by atoms with Crippen molar-refractivity contribution in [2.75, 3.05) is 19.5 Å². The highest BCUT2D eigenvalue weighted by molar-refractivity contribution is 5.81. The summed E-state index contributed by atoms with van der Waals surface area (Å²) in [4.78, 5) is 15.6. The molecule has 3 N–H and O–H groups in total. The number of anilines is 1. The van der Waals surface area contributed by atoms with E-state index in [2.05, 4.69) is 11.1 Å². The molecule has 0 bridgehead atoms. The van der Waals surface area contributed by atoms with Crippen LogP contribution in [0.1, 0.15) is 36.6 Å². The molecule has 7 heteroatoms. The Kier molecular flexibility index (Phi) is 5.69.